The van der Waals surface area contributed by atoms with Crippen LogP contribution in [0.4, 0.5) is 0 Å². The second kappa shape index (κ2) is 9.89. The number of nitrogens with one attached hydrogen (secondary N) is 3. The summed E-state index contributed by atoms with van der Waals surface area (Å²) in [5, 5.41) is 6.39. The molecule has 38 heavy (non-hydrogen) atoms. The van der Waals surface area contributed by atoms with Gasteiger partial charge >= 0.3 is 5.97 Å². The van der Waals surface area contributed by atoms with Gasteiger partial charge in [0.05, 0.1) is 26.2 Å². The number of aromatic amines is 3. The lowest BCUT2D eigenvalue weighted by Gasteiger charge is -2.32. The summed E-state index contributed by atoms with van der Waals surface area (Å²) < 4.78 is 16.3. The Balaban J connectivity index is 1.56. The number of methoxy groups -OCH3 is 2. The van der Waals surface area contributed by atoms with Gasteiger partial charge in [-0.2, -0.15) is 0 Å². The number of esters is 1. The predicted octanol–water partition coefficient (Wildman–Crippen LogP) is 3.94. The average molecular weight is 518 g/mol. The Kier molecular flexibility index (Phi) is 6.60. The van der Waals surface area contributed by atoms with Crippen LogP contribution in [0.1, 0.15) is 60.6 Å². The summed E-state index contributed by atoms with van der Waals surface area (Å²) in [6.07, 6.45) is 2.05. The first-order valence-electron chi connectivity index (χ1n) is 12.6. The van der Waals surface area contributed by atoms with E-state index in [0.29, 0.717) is 34.5 Å². The number of fused-ring (bicyclic) bond motifs is 2. The number of pyridine rings is 1. The molecule has 1 atom stereocenters. The Morgan fingerprint density at radius 2 is 1.87 bits per heavy atom. The highest BCUT2D eigenvalue weighted by atomic mass is 16.5. The highest BCUT2D eigenvalue weighted by molar-refractivity contribution is 5.81. The zero-order valence-corrected chi connectivity index (χ0v) is 21.9. The number of carbonyl (C=O) groups excluding carboxylic acids is 1. The van der Waals surface area contributed by atoms with Gasteiger partial charge in [0.25, 0.3) is 11.1 Å². The van der Waals surface area contributed by atoms with Crippen molar-refractivity contribution in [3.63, 3.8) is 0 Å². The van der Waals surface area contributed by atoms with Crippen molar-refractivity contribution < 1.29 is 19.0 Å². The molecule has 0 bridgehead atoms. The zero-order chi connectivity index (χ0) is 27.0. The van der Waals surface area contributed by atoms with E-state index in [0.717, 1.165) is 35.1 Å². The number of carbonyl (C=O) groups is 1. The largest absolute Gasteiger partial charge is 0.497 e. The monoisotopic (exact) mass is 517 g/mol. The summed E-state index contributed by atoms with van der Waals surface area (Å²) in [6.45, 7) is 4.15. The van der Waals surface area contributed by atoms with Gasteiger partial charge in [-0.25, -0.2) is 0 Å². The smallest absolute Gasteiger partial charge is 0.306 e. The van der Waals surface area contributed by atoms with Gasteiger partial charge in [0.1, 0.15) is 17.1 Å². The van der Waals surface area contributed by atoms with E-state index in [1.165, 1.54) is 7.11 Å². The van der Waals surface area contributed by atoms with Crippen molar-refractivity contribution in [2.45, 2.75) is 51.0 Å². The molecule has 0 saturated carbocycles. The summed E-state index contributed by atoms with van der Waals surface area (Å²) in [7, 11) is 2.84. The highest BCUT2D eigenvalue weighted by Gasteiger charge is 2.29. The number of hydrogen-bond acceptors (Lipinski definition) is 6. The molecule has 0 aliphatic carbocycles. The van der Waals surface area contributed by atoms with Crippen LogP contribution >= 0.6 is 0 Å². The second-order valence-electron chi connectivity index (χ2n) is 10.3. The maximum atomic E-state index is 13.2. The van der Waals surface area contributed by atoms with Gasteiger partial charge in [0.2, 0.25) is 0 Å². The molecule has 0 saturated heterocycles. The normalized spacial score (nSPS) is 14.9. The molecule has 9 nitrogen and oxygen atoms in total. The second-order valence-corrected chi connectivity index (χ2v) is 10.3. The molecule has 4 aromatic rings. The molecule has 1 aliphatic rings. The van der Waals surface area contributed by atoms with Crippen molar-refractivity contribution >= 4 is 16.9 Å². The number of benzene rings is 2. The lowest BCUT2D eigenvalue weighted by atomic mass is 9.87. The molecular weight excluding hydrogens is 486 g/mol. The first kappa shape index (κ1) is 25.4. The number of ether oxygens (including phenoxy) is 3. The maximum absolute atomic E-state index is 13.2. The van der Waals surface area contributed by atoms with Gasteiger partial charge < -0.3 is 24.3 Å². The van der Waals surface area contributed by atoms with E-state index >= 15 is 0 Å². The fourth-order valence-corrected chi connectivity index (χ4v) is 5.14. The fraction of sp³-hybridized carbons (Fsp3) is 0.345. The van der Waals surface area contributed by atoms with Crippen LogP contribution in [0, 0.1) is 0 Å². The van der Waals surface area contributed by atoms with Crippen LogP contribution in [0.15, 0.2) is 52.1 Å². The van der Waals surface area contributed by atoms with Crippen LogP contribution < -0.4 is 20.6 Å². The molecule has 1 aliphatic heterocycles. The first-order chi connectivity index (χ1) is 18.2. The van der Waals surface area contributed by atoms with Crippen LogP contribution in [0.3, 0.4) is 0 Å². The third kappa shape index (κ3) is 4.96. The number of aromatic nitrogens is 3. The van der Waals surface area contributed by atoms with Gasteiger partial charge in [-0.3, -0.25) is 19.5 Å². The molecule has 2 aromatic heterocycles. The molecule has 9 heteroatoms. The van der Waals surface area contributed by atoms with E-state index in [1.54, 1.807) is 25.3 Å². The van der Waals surface area contributed by atoms with Gasteiger partial charge in [-0.05, 0) is 67.5 Å². The molecule has 0 fully saturated rings. The fourth-order valence-electron chi connectivity index (χ4n) is 5.14. The van der Waals surface area contributed by atoms with Crippen molar-refractivity contribution in [1.82, 2.24) is 15.2 Å². The number of rotatable bonds is 7. The Hall–Kier alpha value is -4.27. The molecule has 0 amide bonds. The molecule has 0 spiro atoms. The van der Waals surface area contributed by atoms with Gasteiger partial charge in [-0.15, -0.1) is 0 Å². The minimum Gasteiger partial charge on any atom is -0.497 e. The van der Waals surface area contributed by atoms with Crippen LogP contribution in [0.5, 0.6) is 11.5 Å². The van der Waals surface area contributed by atoms with Gasteiger partial charge in [-0.1, -0.05) is 12.1 Å². The Morgan fingerprint density at radius 1 is 1.05 bits per heavy atom. The molecule has 5 rings (SSSR count). The summed E-state index contributed by atoms with van der Waals surface area (Å²) in [5.41, 5.74) is 2.98. The lowest BCUT2D eigenvalue weighted by molar-refractivity contribution is -0.140. The molecular formula is C29H31N3O6. The maximum Gasteiger partial charge on any atom is 0.306 e. The third-order valence-corrected chi connectivity index (χ3v) is 7.19. The van der Waals surface area contributed by atoms with Crippen molar-refractivity contribution in [2.75, 3.05) is 14.2 Å². The number of H-pyrrole nitrogens is 3. The lowest BCUT2D eigenvalue weighted by Crippen LogP contribution is -2.32. The molecule has 0 radical (unpaired) electrons. The van der Waals surface area contributed by atoms with Crippen molar-refractivity contribution in [2.24, 2.45) is 0 Å². The van der Waals surface area contributed by atoms with Crippen LogP contribution in [0.2, 0.25) is 0 Å². The topological polar surface area (TPSA) is 126 Å². The SMILES string of the molecule is COC(=O)CC(c1cc2ccc(OC)cc2[nH]c1=O)c1c(Cc2ccc3c(c2)CCC(C)(C)O3)[nH][nH]c1=O. The average Bonchev–Trinajstić information content (AvgIpc) is 3.25. The van der Waals surface area contributed by atoms with Crippen LogP contribution in [-0.2, 0) is 22.4 Å². The standard InChI is InChI=1S/C29H31N3O6/c1-29(2)10-9-18-11-16(5-8-24(18)38-29)12-23-26(28(35)32-31-23)20(15-25(33)37-4)21-13-17-6-7-19(36-3)14-22(17)30-27(21)34/h5-8,11,13-14,20H,9-10,12,15H2,1-4H3,(H,30,34)(H2,31,32,35). The van der Waals surface area contributed by atoms with E-state index in [9.17, 15) is 14.4 Å². The van der Waals surface area contributed by atoms with Crippen molar-refractivity contribution in [3.8, 4) is 11.5 Å². The van der Waals surface area contributed by atoms with Crippen molar-refractivity contribution in [3.05, 3.63) is 91.1 Å². The van der Waals surface area contributed by atoms with Crippen LogP contribution in [0.25, 0.3) is 10.9 Å². The van der Waals surface area contributed by atoms with Gasteiger partial charge in [0.15, 0.2) is 0 Å². The Labute approximate surface area is 219 Å². The van der Waals surface area contributed by atoms with Gasteiger partial charge in [0, 0.05) is 35.2 Å². The number of hydrogen-bond donors (Lipinski definition) is 3. The van der Waals surface area contributed by atoms with E-state index in [4.69, 9.17) is 14.2 Å². The Morgan fingerprint density at radius 3 is 2.63 bits per heavy atom. The van der Waals surface area contributed by atoms with E-state index in [-0.39, 0.29) is 23.1 Å². The Bertz CT molecular complexity index is 1630. The minimum atomic E-state index is -0.815. The van der Waals surface area contributed by atoms with E-state index in [2.05, 4.69) is 35.1 Å². The quantitative estimate of drug-likeness (QED) is 0.319. The molecule has 3 heterocycles. The highest BCUT2D eigenvalue weighted by Crippen LogP contribution is 2.35. The summed E-state index contributed by atoms with van der Waals surface area (Å²) in [6, 6.07) is 13.1. The zero-order valence-electron chi connectivity index (χ0n) is 21.9. The molecule has 2 aromatic carbocycles. The molecule has 3 N–H and O–H groups in total. The summed E-state index contributed by atoms with van der Waals surface area (Å²) in [5.74, 6) is 0.139. The summed E-state index contributed by atoms with van der Waals surface area (Å²) >= 11 is 0. The first-order valence-corrected chi connectivity index (χ1v) is 12.6. The third-order valence-electron chi connectivity index (χ3n) is 7.19. The minimum absolute atomic E-state index is 0.164. The molecule has 198 valence electrons. The predicted molar refractivity (Wildman–Crippen MR) is 143 cm³/mol. The van der Waals surface area contributed by atoms with Crippen molar-refractivity contribution in [1.29, 1.82) is 0 Å². The summed E-state index contributed by atoms with van der Waals surface area (Å²) in [4.78, 5) is 41.7. The van der Waals surface area contributed by atoms with E-state index < -0.39 is 11.9 Å². The number of aryl methyl sites for hydroxylation is 1. The van der Waals surface area contributed by atoms with Crippen LogP contribution in [-0.4, -0.2) is 41.0 Å². The molecule has 1 unspecified atom stereocenters. The van der Waals surface area contributed by atoms with E-state index in [1.807, 2.05) is 18.2 Å².